The number of allylic oxidation sites excluding steroid dienone is 1. The second-order valence-corrected chi connectivity index (χ2v) is 10.7. The molecule has 7 unspecified atom stereocenters. The lowest BCUT2D eigenvalue weighted by molar-refractivity contribution is -0.168. The molecule has 0 aromatic heterocycles. The van der Waals surface area contributed by atoms with Crippen molar-refractivity contribution in [2.75, 3.05) is 0 Å². The molecule has 28 heavy (non-hydrogen) atoms. The van der Waals surface area contributed by atoms with Crippen LogP contribution in [0.3, 0.4) is 0 Å². The molecule has 1 aliphatic heterocycles. The van der Waals surface area contributed by atoms with Gasteiger partial charge in [0.1, 0.15) is 11.7 Å². The lowest BCUT2D eigenvalue weighted by Gasteiger charge is -2.59. The van der Waals surface area contributed by atoms with Gasteiger partial charge >= 0.3 is 11.9 Å². The van der Waals surface area contributed by atoms with Crippen LogP contribution in [-0.4, -0.2) is 23.6 Å². The van der Waals surface area contributed by atoms with E-state index in [1.807, 2.05) is 0 Å². The molecule has 4 aliphatic carbocycles. The minimum Gasteiger partial charge on any atom is -0.458 e. The number of ether oxygens (including phenoxy) is 2. The van der Waals surface area contributed by atoms with Gasteiger partial charge in [-0.3, -0.25) is 9.59 Å². The van der Waals surface area contributed by atoms with Crippen LogP contribution in [0, 0.1) is 28.6 Å². The number of hydrogen-bond acceptors (Lipinski definition) is 4. The summed E-state index contributed by atoms with van der Waals surface area (Å²) < 4.78 is 11.6. The standard InChI is InChI=1S/C24H34O4/c1-15(25)27-17-6-10-22(2)16(14-17)4-5-18-19(22)7-11-23(3)20(18)8-12-24(23)13-9-21(26)28-24/h14,17-20H,4-13H2,1-3H3. The molecule has 1 saturated heterocycles. The third-order valence-corrected chi connectivity index (χ3v) is 9.72. The highest BCUT2D eigenvalue weighted by Crippen LogP contribution is 2.69. The van der Waals surface area contributed by atoms with Crippen LogP contribution in [0.4, 0.5) is 0 Å². The maximum Gasteiger partial charge on any atom is 0.306 e. The first kappa shape index (κ1) is 18.7. The Hall–Kier alpha value is -1.32. The predicted molar refractivity (Wildman–Crippen MR) is 105 cm³/mol. The first-order valence-corrected chi connectivity index (χ1v) is 11.4. The molecule has 5 rings (SSSR count). The second kappa shape index (κ2) is 6.09. The SMILES string of the molecule is CC(=O)OC1C=C2CCC3C(CCC4(C)C3CCC43CCC(=O)O3)C2(C)CC1. The number of hydrogen-bond donors (Lipinski definition) is 0. The minimum absolute atomic E-state index is 0.0219. The monoisotopic (exact) mass is 386 g/mol. The van der Waals surface area contributed by atoms with Gasteiger partial charge in [0.15, 0.2) is 0 Å². The van der Waals surface area contributed by atoms with Crippen LogP contribution < -0.4 is 0 Å². The van der Waals surface area contributed by atoms with E-state index in [-0.39, 0.29) is 34.5 Å². The fraction of sp³-hybridized carbons (Fsp3) is 0.833. The van der Waals surface area contributed by atoms with Crippen molar-refractivity contribution in [2.24, 2.45) is 28.6 Å². The molecular formula is C24H34O4. The molecular weight excluding hydrogens is 352 g/mol. The molecule has 0 aromatic rings. The molecule has 154 valence electrons. The Bertz CT molecular complexity index is 741. The summed E-state index contributed by atoms with van der Waals surface area (Å²) in [6.45, 7) is 6.42. The molecule has 0 bridgehead atoms. The summed E-state index contributed by atoms with van der Waals surface area (Å²) in [5, 5.41) is 0. The highest BCUT2D eigenvalue weighted by molar-refractivity contribution is 5.72. The van der Waals surface area contributed by atoms with E-state index < -0.39 is 0 Å². The van der Waals surface area contributed by atoms with Gasteiger partial charge in [0.25, 0.3) is 0 Å². The van der Waals surface area contributed by atoms with Gasteiger partial charge in [0, 0.05) is 18.8 Å². The van der Waals surface area contributed by atoms with Gasteiger partial charge in [-0.05, 0) is 87.0 Å². The van der Waals surface area contributed by atoms with Crippen molar-refractivity contribution in [2.45, 2.75) is 96.7 Å². The van der Waals surface area contributed by atoms with E-state index >= 15 is 0 Å². The molecule has 3 saturated carbocycles. The topological polar surface area (TPSA) is 52.6 Å². The Morgan fingerprint density at radius 3 is 2.54 bits per heavy atom. The smallest absolute Gasteiger partial charge is 0.306 e. The van der Waals surface area contributed by atoms with Gasteiger partial charge in [-0.1, -0.05) is 19.4 Å². The maximum atomic E-state index is 12.0. The highest BCUT2D eigenvalue weighted by atomic mass is 16.6. The van der Waals surface area contributed by atoms with E-state index in [0.29, 0.717) is 12.3 Å². The summed E-state index contributed by atoms with van der Waals surface area (Å²) in [7, 11) is 0. The van der Waals surface area contributed by atoms with Gasteiger partial charge < -0.3 is 9.47 Å². The van der Waals surface area contributed by atoms with Crippen LogP contribution in [0.15, 0.2) is 11.6 Å². The maximum absolute atomic E-state index is 12.0. The quantitative estimate of drug-likeness (QED) is 0.472. The van der Waals surface area contributed by atoms with E-state index in [9.17, 15) is 9.59 Å². The first-order chi connectivity index (χ1) is 13.3. The summed E-state index contributed by atoms with van der Waals surface area (Å²) in [6, 6.07) is 0. The fourth-order valence-electron chi connectivity index (χ4n) is 8.30. The second-order valence-electron chi connectivity index (χ2n) is 10.7. The van der Waals surface area contributed by atoms with Gasteiger partial charge in [-0.2, -0.15) is 0 Å². The Balaban J connectivity index is 1.42. The molecule has 0 aromatic carbocycles. The van der Waals surface area contributed by atoms with E-state index in [2.05, 4.69) is 19.9 Å². The number of carbonyl (C=O) groups is 2. The molecule has 4 fully saturated rings. The molecule has 0 radical (unpaired) electrons. The van der Waals surface area contributed by atoms with Crippen molar-refractivity contribution in [1.82, 2.24) is 0 Å². The third-order valence-electron chi connectivity index (χ3n) is 9.72. The molecule has 1 spiro atoms. The molecule has 0 N–H and O–H groups in total. The lowest BCUT2D eigenvalue weighted by Crippen LogP contribution is -2.54. The van der Waals surface area contributed by atoms with E-state index in [1.54, 1.807) is 0 Å². The Morgan fingerprint density at radius 1 is 1.04 bits per heavy atom. The van der Waals surface area contributed by atoms with Crippen molar-refractivity contribution >= 4 is 11.9 Å². The molecule has 1 heterocycles. The first-order valence-electron chi connectivity index (χ1n) is 11.4. The summed E-state index contributed by atoms with van der Waals surface area (Å²) >= 11 is 0. The molecule has 0 amide bonds. The number of rotatable bonds is 1. The summed E-state index contributed by atoms with van der Waals surface area (Å²) in [4.78, 5) is 23.4. The number of esters is 2. The lowest BCUT2D eigenvalue weighted by atomic mass is 9.46. The Kier molecular flexibility index (Phi) is 4.07. The third kappa shape index (κ3) is 2.42. The van der Waals surface area contributed by atoms with Crippen molar-refractivity contribution < 1.29 is 19.1 Å². The average Bonchev–Trinajstić information content (AvgIpc) is 3.16. The molecule has 4 nitrogen and oxygen atoms in total. The largest absolute Gasteiger partial charge is 0.458 e. The number of fused-ring (bicyclic) bond motifs is 6. The minimum atomic E-state index is -0.177. The zero-order valence-electron chi connectivity index (χ0n) is 17.6. The Labute approximate surface area is 168 Å². The molecule has 4 heteroatoms. The van der Waals surface area contributed by atoms with Crippen LogP contribution in [0.5, 0.6) is 0 Å². The highest BCUT2D eigenvalue weighted by Gasteiger charge is 2.67. The summed E-state index contributed by atoms with van der Waals surface area (Å²) in [6.07, 6.45) is 13.0. The van der Waals surface area contributed by atoms with Crippen molar-refractivity contribution in [3.63, 3.8) is 0 Å². The van der Waals surface area contributed by atoms with Gasteiger partial charge in [0.2, 0.25) is 0 Å². The van der Waals surface area contributed by atoms with E-state index in [0.717, 1.165) is 43.9 Å². The fourth-order valence-corrected chi connectivity index (χ4v) is 8.30. The van der Waals surface area contributed by atoms with Crippen LogP contribution in [-0.2, 0) is 19.1 Å². The van der Waals surface area contributed by atoms with E-state index in [4.69, 9.17) is 9.47 Å². The number of carbonyl (C=O) groups excluding carboxylic acids is 2. The Morgan fingerprint density at radius 2 is 1.82 bits per heavy atom. The van der Waals surface area contributed by atoms with Gasteiger partial charge in [-0.15, -0.1) is 0 Å². The van der Waals surface area contributed by atoms with E-state index in [1.165, 1.54) is 38.2 Å². The average molecular weight is 387 g/mol. The summed E-state index contributed by atoms with van der Waals surface area (Å²) in [5.41, 5.74) is 1.77. The zero-order chi connectivity index (χ0) is 19.7. The molecule has 7 atom stereocenters. The van der Waals surface area contributed by atoms with Gasteiger partial charge in [0.05, 0.1) is 0 Å². The van der Waals surface area contributed by atoms with Crippen molar-refractivity contribution in [1.29, 1.82) is 0 Å². The van der Waals surface area contributed by atoms with Gasteiger partial charge in [-0.25, -0.2) is 0 Å². The van der Waals surface area contributed by atoms with Crippen LogP contribution in [0.1, 0.15) is 85.0 Å². The zero-order valence-corrected chi connectivity index (χ0v) is 17.6. The van der Waals surface area contributed by atoms with Crippen molar-refractivity contribution in [3.05, 3.63) is 11.6 Å². The van der Waals surface area contributed by atoms with Crippen molar-refractivity contribution in [3.8, 4) is 0 Å². The van der Waals surface area contributed by atoms with Crippen LogP contribution in [0.25, 0.3) is 0 Å². The summed E-state index contributed by atoms with van der Waals surface area (Å²) in [5.74, 6) is 1.99. The van der Waals surface area contributed by atoms with Crippen LogP contribution >= 0.6 is 0 Å². The normalized spacial score (nSPS) is 49.7. The predicted octanol–water partition coefficient (Wildman–Crippen LogP) is 4.96. The molecule has 5 aliphatic rings. The van der Waals surface area contributed by atoms with Crippen LogP contribution in [0.2, 0.25) is 0 Å².